The van der Waals surface area contributed by atoms with Gasteiger partial charge in [-0.1, -0.05) is 23.4 Å². The Hall–Kier alpha value is -3.40. The molecule has 2 heterocycles. The van der Waals surface area contributed by atoms with Crippen LogP contribution in [0.4, 0.5) is 4.39 Å². The number of methoxy groups -OCH3 is 2. The number of aromatic nitrogens is 1. The van der Waals surface area contributed by atoms with Crippen molar-refractivity contribution in [1.82, 2.24) is 10.1 Å². The van der Waals surface area contributed by atoms with Crippen LogP contribution >= 0.6 is 0 Å². The summed E-state index contributed by atoms with van der Waals surface area (Å²) in [6.07, 6.45) is 0.329. The first-order chi connectivity index (χ1) is 16.2. The van der Waals surface area contributed by atoms with Gasteiger partial charge in [0.05, 0.1) is 25.7 Å². The summed E-state index contributed by atoms with van der Waals surface area (Å²) in [5, 5.41) is 3.89. The second-order valence-corrected chi connectivity index (χ2v) is 10.4. The van der Waals surface area contributed by atoms with Crippen LogP contribution < -0.4 is 9.47 Å². The van der Waals surface area contributed by atoms with E-state index in [9.17, 15) is 17.6 Å². The summed E-state index contributed by atoms with van der Waals surface area (Å²) in [6, 6.07) is 10.8. The Morgan fingerprint density at radius 1 is 1.15 bits per heavy atom. The maximum absolute atomic E-state index is 14.0. The minimum absolute atomic E-state index is 0.0140. The SMILES string of the molecule is COc1ccc(CN(C(=O)c2cc(-c3ccc(C)c(F)c3)on2)C2CCS(=O)(=O)C2)cc1OC. The summed E-state index contributed by atoms with van der Waals surface area (Å²) >= 11 is 0. The highest BCUT2D eigenvalue weighted by Gasteiger charge is 2.36. The van der Waals surface area contributed by atoms with E-state index >= 15 is 0 Å². The Labute approximate surface area is 197 Å². The molecule has 1 aromatic heterocycles. The van der Waals surface area contributed by atoms with E-state index in [2.05, 4.69) is 5.16 Å². The molecule has 0 saturated carbocycles. The molecule has 1 atom stereocenters. The third-order valence-electron chi connectivity index (χ3n) is 5.90. The van der Waals surface area contributed by atoms with E-state index in [1.165, 1.54) is 31.3 Å². The molecule has 1 aliphatic heterocycles. The van der Waals surface area contributed by atoms with E-state index in [1.54, 1.807) is 37.3 Å². The topological polar surface area (TPSA) is 98.9 Å². The first kappa shape index (κ1) is 23.7. The van der Waals surface area contributed by atoms with Crippen molar-refractivity contribution in [3.8, 4) is 22.8 Å². The van der Waals surface area contributed by atoms with E-state index in [0.29, 0.717) is 29.0 Å². The van der Waals surface area contributed by atoms with Gasteiger partial charge in [-0.3, -0.25) is 4.79 Å². The Balaban J connectivity index is 1.65. The number of sulfone groups is 1. The van der Waals surface area contributed by atoms with Gasteiger partial charge in [0.1, 0.15) is 5.82 Å². The largest absolute Gasteiger partial charge is 0.493 e. The number of hydrogen-bond acceptors (Lipinski definition) is 7. The van der Waals surface area contributed by atoms with Crippen molar-refractivity contribution in [1.29, 1.82) is 0 Å². The van der Waals surface area contributed by atoms with Gasteiger partial charge in [0.15, 0.2) is 32.8 Å². The maximum Gasteiger partial charge on any atom is 0.276 e. The van der Waals surface area contributed by atoms with Crippen LogP contribution in [0.1, 0.15) is 28.0 Å². The molecule has 4 rings (SSSR count). The van der Waals surface area contributed by atoms with Crippen LogP contribution in [0.25, 0.3) is 11.3 Å². The van der Waals surface area contributed by atoms with Crippen LogP contribution in [0.15, 0.2) is 47.0 Å². The minimum atomic E-state index is -3.24. The third-order valence-corrected chi connectivity index (χ3v) is 7.65. The number of carbonyl (C=O) groups is 1. The maximum atomic E-state index is 14.0. The van der Waals surface area contributed by atoms with Gasteiger partial charge < -0.3 is 18.9 Å². The predicted octanol–water partition coefficient (Wildman–Crippen LogP) is 3.64. The normalized spacial score (nSPS) is 16.9. The Morgan fingerprint density at radius 3 is 2.56 bits per heavy atom. The fourth-order valence-corrected chi connectivity index (χ4v) is 5.70. The number of amides is 1. The third kappa shape index (κ3) is 4.91. The van der Waals surface area contributed by atoms with E-state index in [4.69, 9.17) is 14.0 Å². The summed E-state index contributed by atoms with van der Waals surface area (Å²) in [6.45, 7) is 1.79. The van der Waals surface area contributed by atoms with Gasteiger partial charge in [0.25, 0.3) is 5.91 Å². The molecular formula is C24H25FN2O6S. The van der Waals surface area contributed by atoms with Crippen molar-refractivity contribution in [3.63, 3.8) is 0 Å². The molecule has 1 saturated heterocycles. The molecule has 180 valence electrons. The lowest BCUT2D eigenvalue weighted by Crippen LogP contribution is -2.40. The fraction of sp³-hybridized carbons (Fsp3) is 0.333. The molecule has 1 fully saturated rings. The number of ether oxygens (including phenoxy) is 2. The van der Waals surface area contributed by atoms with Crippen LogP contribution in [0, 0.1) is 12.7 Å². The number of benzene rings is 2. The van der Waals surface area contributed by atoms with Crippen molar-refractivity contribution < 1.29 is 31.6 Å². The number of hydrogen-bond donors (Lipinski definition) is 0. The Kier molecular flexibility index (Phi) is 6.60. The Morgan fingerprint density at radius 2 is 1.91 bits per heavy atom. The number of nitrogens with zero attached hydrogens (tertiary/aromatic N) is 2. The van der Waals surface area contributed by atoms with Gasteiger partial charge in [-0.25, -0.2) is 12.8 Å². The number of carbonyl (C=O) groups excluding carboxylic acids is 1. The van der Waals surface area contributed by atoms with Crippen molar-refractivity contribution in [2.24, 2.45) is 0 Å². The molecule has 1 aliphatic rings. The van der Waals surface area contributed by atoms with Crippen LogP contribution in [-0.4, -0.2) is 56.1 Å². The van der Waals surface area contributed by atoms with E-state index in [1.807, 2.05) is 0 Å². The zero-order valence-corrected chi connectivity index (χ0v) is 19.9. The van der Waals surface area contributed by atoms with Crippen molar-refractivity contribution in [2.75, 3.05) is 25.7 Å². The van der Waals surface area contributed by atoms with E-state index < -0.39 is 27.6 Å². The molecule has 0 N–H and O–H groups in total. The van der Waals surface area contributed by atoms with Crippen molar-refractivity contribution >= 4 is 15.7 Å². The predicted molar refractivity (Wildman–Crippen MR) is 123 cm³/mol. The van der Waals surface area contributed by atoms with Crippen LogP contribution in [0.5, 0.6) is 11.5 Å². The molecule has 1 amide bonds. The van der Waals surface area contributed by atoms with E-state index in [-0.39, 0.29) is 29.5 Å². The first-order valence-electron chi connectivity index (χ1n) is 10.7. The van der Waals surface area contributed by atoms with Gasteiger partial charge in [0, 0.05) is 24.2 Å². The van der Waals surface area contributed by atoms with Gasteiger partial charge >= 0.3 is 0 Å². The lowest BCUT2D eigenvalue weighted by molar-refractivity contribution is 0.0670. The number of aryl methyl sites for hydroxylation is 1. The highest BCUT2D eigenvalue weighted by molar-refractivity contribution is 7.91. The summed E-state index contributed by atoms with van der Waals surface area (Å²) in [7, 11) is -0.203. The summed E-state index contributed by atoms with van der Waals surface area (Å²) in [5.74, 6) is 0.301. The van der Waals surface area contributed by atoms with Gasteiger partial charge in [-0.15, -0.1) is 0 Å². The monoisotopic (exact) mass is 488 g/mol. The highest BCUT2D eigenvalue weighted by atomic mass is 32.2. The van der Waals surface area contributed by atoms with Crippen molar-refractivity contribution in [2.45, 2.75) is 25.9 Å². The van der Waals surface area contributed by atoms with Crippen LogP contribution in [-0.2, 0) is 16.4 Å². The molecule has 0 radical (unpaired) electrons. The second-order valence-electron chi connectivity index (χ2n) is 8.22. The lowest BCUT2D eigenvalue weighted by Gasteiger charge is -2.27. The van der Waals surface area contributed by atoms with Crippen molar-refractivity contribution in [3.05, 3.63) is 65.1 Å². The lowest BCUT2D eigenvalue weighted by atomic mass is 10.1. The highest BCUT2D eigenvalue weighted by Crippen LogP contribution is 2.30. The summed E-state index contributed by atoms with van der Waals surface area (Å²) in [4.78, 5) is 15.0. The molecule has 1 unspecified atom stereocenters. The second kappa shape index (κ2) is 9.46. The quantitative estimate of drug-likeness (QED) is 0.501. The van der Waals surface area contributed by atoms with Crippen LogP contribution in [0.2, 0.25) is 0 Å². The first-order valence-corrected chi connectivity index (χ1v) is 12.5. The fourth-order valence-electron chi connectivity index (χ4n) is 3.97. The van der Waals surface area contributed by atoms with Gasteiger partial charge in [-0.2, -0.15) is 0 Å². The molecular weight excluding hydrogens is 463 g/mol. The molecule has 8 nitrogen and oxygen atoms in total. The standard InChI is InChI=1S/C24H25FN2O6S/c1-15-4-6-17(11-19(15)25)22-12-20(26-33-22)24(28)27(18-8-9-34(29,30)14-18)13-16-5-7-21(31-2)23(10-16)32-3/h4-7,10-12,18H,8-9,13-14H2,1-3H3. The van der Waals surface area contributed by atoms with Crippen LogP contribution in [0.3, 0.4) is 0 Å². The summed E-state index contributed by atoms with van der Waals surface area (Å²) in [5.41, 5.74) is 1.69. The molecule has 34 heavy (non-hydrogen) atoms. The Bertz CT molecular complexity index is 1320. The zero-order valence-electron chi connectivity index (χ0n) is 19.1. The van der Waals surface area contributed by atoms with E-state index in [0.717, 1.165) is 5.56 Å². The average Bonchev–Trinajstić information content (AvgIpc) is 3.45. The van der Waals surface area contributed by atoms with Gasteiger partial charge in [0.2, 0.25) is 0 Å². The smallest absolute Gasteiger partial charge is 0.276 e. The molecule has 10 heteroatoms. The molecule has 2 aromatic carbocycles. The molecule has 0 aliphatic carbocycles. The minimum Gasteiger partial charge on any atom is -0.493 e. The molecule has 3 aromatic rings. The molecule has 0 bridgehead atoms. The number of halogens is 1. The average molecular weight is 489 g/mol. The summed E-state index contributed by atoms with van der Waals surface area (Å²) < 4.78 is 54.2. The molecule has 0 spiro atoms. The zero-order chi connectivity index (χ0) is 24.5. The number of rotatable bonds is 7. The van der Waals surface area contributed by atoms with Gasteiger partial charge in [-0.05, 0) is 42.7 Å².